The van der Waals surface area contributed by atoms with Crippen LogP contribution in [0.4, 0.5) is 0 Å². The maximum absolute atomic E-state index is 12.4. The molecule has 3 atom stereocenters. The van der Waals surface area contributed by atoms with Gasteiger partial charge in [0.1, 0.15) is 5.78 Å². The second-order valence-corrected chi connectivity index (χ2v) is 6.91. The van der Waals surface area contributed by atoms with E-state index in [0.29, 0.717) is 17.1 Å². The lowest BCUT2D eigenvalue weighted by molar-refractivity contribution is -0.134. The number of Topliss-reactive ketones (excluding diaryl/α,β-unsaturated/α-hetero) is 1. The number of carbonyl (C=O) groups is 1. The summed E-state index contributed by atoms with van der Waals surface area (Å²) in [6.07, 6.45) is 3.89. The Hall–Kier alpha value is -0.330. The summed E-state index contributed by atoms with van der Waals surface area (Å²) in [4.78, 5) is 12.4. The van der Waals surface area contributed by atoms with E-state index < -0.39 is 0 Å². The van der Waals surface area contributed by atoms with Gasteiger partial charge in [-0.15, -0.1) is 0 Å². The Morgan fingerprint density at radius 2 is 1.87 bits per heavy atom. The predicted molar refractivity (Wildman–Crippen MR) is 62.6 cm³/mol. The van der Waals surface area contributed by atoms with Crippen LogP contribution >= 0.6 is 0 Å². The first-order valence-corrected chi connectivity index (χ1v) is 6.33. The Bertz CT molecular complexity index is 285. The summed E-state index contributed by atoms with van der Waals surface area (Å²) in [7, 11) is 0. The second kappa shape index (κ2) is 3.09. The fourth-order valence-electron chi connectivity index (χ4n) is 4.35. The first kappa shape index (κ1) is 11.2. The molecular weight excluding hydrogens is 184 g/mol. The molecule has 0 aromatic carbocycles. The number of fused-ring (bicyclic) bond motifs is 2. The van der Waals surface area contributed by atoms with Crippen LogP contribution in [0.3, 0.4) is 0 Å². The van der Waals surface area contributed by atoms with Gasteiger partial charge >= 0.3 is 0 Å². The average molecular weight is 208 g/mol. The first-order chi connectivity index (χ1) is 6.79. The zero-order chi connectivity index (χ0) is 11.4. The Morgan fingerprint density at radius 3 is 2.27 bits per heavy atom. The van der Waals surface area contributed by atoms with Crippen molar-refractivity contribution < 1.29 is 4.79 Å². The highest BCUT2D eigenvalue weighted by Gasteiger charge is 2.61. The Kier molecular flexibility index (Phi) is 2.30. The summed E-state index contributed by atoms with van der Waals surface area (Å²) in [5, 5.41) is 0. The van der Waals surface area contributed by atoms with E-state index in [0.717, 1.165) is 5.92 Å². The quantitative estimate of drug-likeness (QED) is 0.676. The standard InChI is InChI=1S/C14H24O/c1-9(2)11(15)12-13(3,4)10-6-7-14(12,5)8-10/h9-10,12H,6-8H2,1-5H3. The highest BCUT2D eigenvalue weighted by atomic mass is 16.1. The topological polar surface area (TPSA) is 17.1 Å². The summed E-state index contributed by atoms with van der Waals surface area (Å²) >= 11 is 0. The Labute approximate surface area is 93.6 Å². The van der Waals surface area contributed by atoms with Crippen LogP contribution in [0, 0.1) is 28.6 Å². The number of hydrogen-bond acceptors (Lipinski definition) is 1. The molecule has 1 nitrogen and oxygen atoms in total. The van der Waals surface area contributed by atoms with Gasteiger partial charge in [-0.05, 0) is 36.0 Å². The van der Waals surface area contributed by atoms with Gasteiger partial charge in [-0.1, -0.05) is 34.6 Å². The number of ketones is 1. The summed E-state index contributed by atoms with van der Waals surface area (Å²) < 4.78 is 0. The zero-order valence-electron chi connectivity index (χ0n) is 10.8. The molecule has 0 N–H and O–H groups in total. The monoisotopic (exact) mass is 208 g/mol. The molecule has 0 amide bonds. The Balaban J connectivity index is 2.34. The largest absolute Gasteiger partial charge is 0.299 e. The van der Waals surface area contributed by atoms with E-state index in [9.17, 15) is 4.79 Å². The lowest BCUT2D eigenvalue weighted by Crippen LogP contribution is -2.42. The predicted octanol–water partition coefficient (Wildman–Crippen LogP) is 3.67. The maximum Gasteiger partial charge on any atom is 0.139 e. The fraction of sp³-hybridized carbons (Fsp3) is 0.929. The minimum atomic E-state index is 0.199. The smallest absolute Gasteiger partial charge is 0.139 e. The van der Waals surface area contributed by atoms with Gasteiger partial charge in [0.15, 0.2) is 0 Å². The third kappa shape index (κ3) is 1.38. The van der Waals surface area contributed by atoms with Crippen LogP contribution in [0.1, 0.15) is 53.9 Å². The SMILES string of the molecule is CC(C)C(=O)C1C2(C)CCC(C2)C1(C)C. The molecule has 2 bridgehead atoms. The third-order valence-electron chi connectivity index (χ3n) is 5.12. The summed E-state index contributed by atoms with van der Waals surface area (Å²) in [5.74, 6) is 1.80. The van der Waals surface area contributed by atoms with Crippen molar-refractivity contribution >= 4 is 5.78 Å². The van der Waals surface area contributed by atoms with Crippen LogP contribution in [-0.2, 0) is 4.79 Å². The molecule has 0 saturated heterocycles. The van der Waals surface area contributed by atoms with Crippen molar-refractivity contribution in [1.29, 1.82) is 0 Å². The van der Waals surface area contributed by atoms with Gasteiger partial charge in [0.25, 0.3) is 0 Å². The number of hydrogen-bond donors (Lipinski definition) is 0. The normalized spacial score (nSPS) is 42.5. The lowest BCUT2D eigenvalue weighted by atomic mass is 9.61. The number of carbonyl (C=O) groups excluding carboxylic acids is 1. The first-order valence-electron chi connectivity index (χ1n) is 6.33. The molecule has 1 heteroatoms. The van der Waals surface area contributed by atoms with Crippen molar-refractivity contribution in [3.63, 3.8) is 0 Å². The second-order valence-electron chi connectivity index (χ2n) is 6.91. The van der Waals surface area contributed by atoms with Crippen molar-refractivity contribution in [2.45, 2.75) is 53.9 Å². The van der Waals surface area contributed by atoms with Gasteiger partial charge in [0, 0.05) is 11.8 Å². The molecule has 0 heterocycles. The van der Waals surface area contributed by atoms with Crippen molar-refractivity contribution in [3.05, 3.63) is 0 Å². The Morgan fingerprint density at radius 1 is 1.27 bits per heavy atom. The van der Waals surface area contributed by atoms with E-state index in [-0.39, 0.29) is 11.3 Å². The van der Waals surface area contributed by atoms with Crippen LogP contribution in [0.5, 0.6) is 0 Å². The minimum Gasteiger partial charge on any atom is -0.299 e. The van der Waals surface area contributed by atoms with Crippen molar-refractivity contribution in [2.75, 3.05) is 0 Å². The molecule has 2 aliphatic carbocycles. The minimum absolute atomic E-state index is 0.199. The molecule has 0 aromatic rings. The molecule has 2 fully saturated rings. The van der Waals surface area contributed by atoms with Crippen molar-refractivity contribution in [2.24, 2.45) is 28.6 Å². The highest BCUT2D eigenvalue weighted by molar-refractivity contribution is 5.85. The highest BCUT2D eigenvalue weighted by Crippen LogP contribution is 2.66. The molecule has 3 unspecified atom stereocenters. The van der Waals surface area contributed by atoms with Crippen molar-refractivity contribution in [1.82, 2.24) is 0 Å². The maximum atomic E-state index is 12.4. The molecule has 2 aliphatic rings. The molecule has 0 aliphatic heterocycles. The van der Waals surface area contributed by atoms with E-state index in [1.165, 1.54) is 19.3 Å². The van der Waals surface area contributed by atoms with Gasteiger partial charge in [0.05, 0.1) is 0 Å². The van der Waals surface area contributed by atoms with Gasteiger partial charge in [-0.3, -0.25) is 4.79 Å². The van der Waals surface area contributed by atoms with Crippen LogP contribution in [0.15, 0.2) is 0 Å². The molecule has 2 rings (SSSR count). The van der Waals surface area contributed by atoms with Crippen LogP contribution in [0.2, 0.25) is 0 Å². The van der Waals surface area contributed by atoms with Gasteiger partial charge in [-0.2, -0.15) is 0 Å². The van der Waals surface area contributed by atoms with Crippen LogP contribution < -0.4 is 0 Å². The third-order valence-corrected chi connectivity index (χ3v) is 5.12. The zero-order valence-corrected chi connectivity index (χ0v) is 10.8. The molecule has 0 radical (unpaired) electrons. The van der Waals surface area contributed by atoms with Gasteiger partial charge in [-0.25, -0.2) is 0 Å². The van der Waals surface area contributed by atoms with Crippen molar-refractivity contribution in [3.8, 4) is 0 Å². The van der Waals surface area contributed by atoms with Gasteiger partial charge < -0.3 is 0 Å². The van der Waals surface area contributed by atoms with E-state index in [4.69, 9.17) is 0 Å². The molecule has 0 spiro atoms. The average Bonchev–Trinajstić information content (AvgIpc) is 2.54. The summed E-state index contributed by atoms with van der Waals surface area (Å²) in [5.41, 5.74) is 0.559. The fourth-order valence-corrected chi connectivity index (χ4v) is 4.35. The molecule has 2 saturated carbocycles. The van der Waals surface area contributed by atoms with Crippen LogP contribution in [0.25, 0.3) is 0 Å². The number of rotatable bonds is 2. The molecule has 0 aromatic heterocycles. The van der Waals surface area contributed by atoms with Gasteiger partial charge in [0.2, 0.25) is 0 Å². The van der Waals surface area contributed by atoms with E-state index in [2.05, 4.69) is 20.8 Å². The summed E-state index contributed by atoms with van der Waals surface area (Å²) in [6.45, 7) is 11.1. The molecule has 86 valence electrons. The van der Waals surface area contributed by atoms with E-state index in [1.807, 2.05) is 13.8 Å². The van der Waals surface area contributed by atoms with E-state index in [1.54, 1.807) is 0 Å². The molecular formula is C14H24O. The van der Waals surface area contributed by atoms with E-state index >= 15 is 0 Å². The molecule has 15 heavy (non-hydrogen) atoms. The lowest BCUT2D eigenvalue weighted by Gasteiger charge is -2.42. The summed E-state index contributed by atoms with van der Waals surface area (Å²) in [6, 6.07) is 0. The van der Waals surface area contributed by atoms with Crippen LogP contribution in [-0.4, -0.2) is 5.78 Å².